The fourth-order valence-electron chi connectivity index (χ4n) is 0.872. The van der Waals surface area contributed by atoms with E-state index in [4.69, 9.17) is 5.11 Å². The van der Waals surface area contributed by atoms with Crippen molar-refractivity contribution < 1.29 is 14.7 Å². The first-order chi connectivity index (χ1) is 6.13. The lowest BCUT2D eigenvalue weighted by Gasteiger charge is -2.03. The molecule has 1 aromatic rings. The van der Waals surface area contributed by atoms with E-state index >= 15 is 0 Å². The number of thiol groups is 1. The molecule has 68 valence electrons. The van der Waals surface area contributed by atoms with Gasteiger partial charge in [-0.05, 0) is 0 Å². The molecule has 0 fully saturated rings. The lowest BCUT2D eigenvalue weighted by atomic mass is 10.1. The highest BCUT2D eigenvalue weighted by Gasteiger charge is 2.21. The molecular formula is C9H8O3S. The summed E-state index contributed by atoms with van der Waals surface area (Å²) in [5.74, 6) is -0.624. The zero-order valence-electron chi connectivity index (χ0n) is 6.68. The van der Waals surface area contributed by atoms with E-state index in [-0.39, 0.29) is 0 Å². The monoisotopic (exact) mass is 196 g/mol. The van der Waals surface area contributed by atoms with Crippen LogP contribution >= 0.6 is 12.6 Å². The topological polar surface area (TPSA) is 54.4 Å². The molecule has 0 aliphatic heterocycles. The number of carbonyl (C=O) groups is 2. The van der Waals surface area contributed by atoms with Gasteiger partial charge in [-0.2, -0.15) is 0 Å². The van der Waals surface area contributed by atoms with Crippen LogP contribution in [0.5, 0.6) is 0 Å². The summed E-state index contributed by atoms with van der Waals surface area (Å²) in [7, 11) is 0. The minimum atomic E-state index is -1.66. The molecule has 0 heterocycles. The summed E-state index contributed by atoms with van der Waals surface area (Å²) in [6, 6.07) is 8.11. The van der Waals surface area contributed by atoms with Crippen molar-refractivity contribution in [2.75, 3.05) is 0 Å². The smallest absolute Gasteiger partial charge is 0.222 e. The number of ketones is 1. The number of aliphatic hydroxyl groups excluding tert-OH is 1. The first-order valence-corrected chi connectivity index (χ1v) is 4.08. The lowest BCUT2D eigenvalue weighted by molar-refractivity contribution is -0.116. The third-order valence-electron chi connectivity index (χ3n) is 1.54. The maximum absolute atomic E-state index is 11.3. The molecule has 0 unspecified atom stereocenters. The maximum atomic E-state index is 11.3. The molecule has 0 aliphatic rings. The first kappa shape index (κ1) is 9.95. The van der Waals surface area contributed by atoms with E-state index in [0.717, 1.165) is 0 Å². The highest BCUT2D eigenvalue weighted by Crippen LogP contribution is 2.05. The van der Waals surface area contributed by atoms with Gasteiger partial charge in [0.1, 0.15) is 0 Å². The standard InChI is InChI=1S/C9H8O3S/c10-7(8(11)9(12)13)6-4-2-1-3-5-6/h1-5,8,11H,(H,12,13)/t8-/m0/s1. The van der Waals surface area contributed by atoms with Gasteiger partial charge in [0.2, 0.25) is 5.12 Å². The Balaban J connectivity index is 2.86. The summed E-state index contributed by atoms with van der Waals surface area (Å²) >= 11 is 3.37. The van der Waals surface area contributed by atoms with E-state index < -0.39 is 17.0 Å². The lowest BCUT2D eigenvalue weighted by Crippen LogP contribution is -2.26. The summed E-state index contributed by atoms with van der Waals surface area (Å²) in [5, 5.41) is 8.23. The molecule has 1 rings (SSSR count). The molecule has 0 saturated heterocycles. The van der Waals surface area contributed by atoms with E-state index in [1.54, 1.807) is 18.2 Å². The first-order valence-electron chi connectivity index (χ1n) is 3.63. The van der Waals surface area contributed by atoms with Crippen LogP contribution in [0.4, 0.5) is 0 Å². The van der Waals surface area contributed by atoms with Crippen molar-refractivity contribution in [3.8, 4) is 0 Å². The van der Waals surface area contributed by atoms with Gasteiger partial charge in [-0.15, -0.1) is 12.6 Å². The number of hydrogen-bond acceptors (Lipinski definition) is 3. The van der Waals surface area contributed by atoms with Crippen LogP contribution in [0.15, 0.2) is 30.3 Å². The number of Topliss-reactive ketones (excluding diaryl/α,β-unsaturated/α-hetero) is 1. The van der Waals surface area contributed by atoms with Gasteiger partial charge in [-0.1, -0.05) is 30.3 Å². The van der Waals surface area contributed by atoms with Crippen LogP contribution in [0, 0.1) is 0 Å². The Morgan fingerprint density at radius 3 is 2.23 bits per heavy atom. The van der Waals surface area contributed by atoms with Gasteiger partial charge < -0.3 is 5.11 Å². The van der Waals surface area contributed by atoms with Crippen molar-refractivity contribution in [2.24, 2.45) is 0 Å². The van der Waals surface area contributed by atoms with E-state index in [0.29, 0.717) is 5.56 Å². The Morgan fingerprint density at radius 2 is 1.77 bits per heavy atom. The van der Waals surface area contributed by atoms with Gasteiger partial charge in [-0.3, -0.25) is 9.59 Å². The van der Waals surface area contributed by atoms with E-state index in [9.17, 15) is 9.59 Å². The number of carbonyl (C=O) groups excluding carboxylic acids is 2. The van der Waals surface area contributed by atoms with Gasteiger partial charge in [0.15, 0.2) is 11.9 Å². The Hall–Kier alpha value is -1.13. The summed E-state index contributed by atoms with van der Waals surface area (Å²) in [6.07, 6.45) is -1.66. The van der Waals surface area contributed by atoms with Crippen LogP contribution in [0.3, 0.4) is 0 Å². The highest BCUT2D eigenvalue weighted by molar-refractivity contribution is 7.96. The van der Waals surface area contributed by atoms with Crippen molar-refractivity contribution in [1.29, 1.82) is 0 Å². The average molecular weight is 196 g/mol. The van der Waals surface area contributed by atoms with Crippen LogP contribution < -0.4 is 0 Å². The van der Waals surface area contributed by atoms with Gasteiger partial charge in [-0.25, -0.2) is 0 Å². The molecule has 1 N–H and O–H groups in total. The SMILES string of the molecule is O=C(S)[C@@H](O)C(=O)c1ccccc1. The minimum absolute atomic E-state index is 0.303. The van der Waals surface area contributed by atoms with Crippen molar-refractivity contribution in [3.05, 3.63) is 35.9 Å². The van der Waals surface area contributed by atoms with Crippen molar-refractivity contribution in [2.45, 2.75) is 6.10 Å². The minimum Gasteiger partial charge on any atom is -0.377 e. The Labute approximate surface area is 80.8 Å². The van der Waals surface area contributed by atoms with E-state index in [1.807, 2.05) is 0 Å². The van der Waals surface area contributed by atoms with Crippen LogP contribution in [-0.4, -0.2) is 22.1 Å². The molecule has 0 spiro atoms. The number of rotatable bonds is 3. The molecule has 0 aliphatic carbocycles. The third kappa shape index (κ3) is 2.40. The summed E-state index contributed by atoms with van der Waals surface area (Å²) in [5.41, 5.74) is 0.303. The predicted octanol–water partition coefficient (Wildman–Crippen LogP) is 0.687. The second kappa shape index (κ2) is 4.20. The second-order valence-electron chi connectivity index (χ2n) is 2.47. The van der Waals surface area contributed by atoms with Crippen molar-refractivity contribution >= 4 is 23.5 Å². The summed E-state index contributed by atoms with van der Waals surface area (Å²) < 4.78 is 0. The van der Waals surface area contributed by atoms with Gasteiger partial charge in [0.25, 0.3) is 0 Å². The summed E-state index contributed by atoms with van der Waals surface area (Å²) in [6.45, 7) is 0. The molecule has 13 heavy (non-hydrogen) atoms. The Bertz CT molecular complexity index is 321. The molecule has 1 atom stereocenters. The number of benzene rings is 1. The maximum Gasteiger partial charge on any atom is 0.222 e. The Morgan fingerprint density at radius 1 is 1.23 bits per heavy atom. The van der Waals surface area contributed by atoms with Crippen LogP contribution in [-0.2, 0) is 4.79 Å². The van der Waals surface area contributed by atoms with Crippen LogP contribution in [0.2, 0.25) is 0 Å². The van der Waals surface area contributed by atoms with Gasteiger partial charge in [0, 0.05) is 5.56 Å². The number of hydrogen-bond donors (Lipinski definition) is 2. The largest absolute Gasteiger partial charge is 0.377 e. The predicted molar refractivity (Wildman–Crippen MR) is 50.8 cm³/mol. The highest BCUT2D eigenvalue weighted by atomic mass is 32.1. The quantitative estimate of drug-likeness (QED) is 0.425. The normalized spacial score (nSPS) is 12.2. The zero-order valence-corrected chi connectivity index (χ0v) is 7.57. The fourth-order valence-corrected chi connectivity index (χ4v) is 0.990. The van der Waals surface area contributed by atoms with Gasteiger partial charge >= 0.3 is 0 Å². The van der Waals surface area contributed by atoms with E-state index in [2.05, 4.69) is 12.6 Å². The molecular weight excluding hydrogens is 188 g/mol. The van der Waals surface area contributed by atoms with E-state index in [1.165, 1.54) is 12.1 Å². The molecule has 1 aromatic carbocycles. The van der Waals surface area contributed by atoms with Gasteiger partial charge in [0.05, 0.1) is 0 Å². The third-order valence-corrected chi connectivity index (χ3v) is 1.79. The fraction of sp³-hybridized carbons (Fsp3) is 0.111. The average Bonchev–Trinajstić information content (AvgIpc) is 2.17. The van der Waals surface area contributed by atoms with Crippen molar-refractivity contribution in [3.63, 3.8) is 0 Å². The van der Waals surface area contributed by atoms with Crippen molar-refractivity contribution in [1.82, 2.24) is 0 Å². The second-order valence-corrected chi connectivity index (χ2v) is 2.91. The molecule has 0 amide bonds. The molecule has 0 aromatic heterocycles. The summed E-state index contributed by atoms with van der Waals surface area (Å²) in [4.78, 5) is 21.8. The zero-order chi connectivity index (χ0) is 9.84. The molecule has 4 heteroatoms. The Kier molecular flexibility index (Phi) is 3.22. The van der Waals surface area contributed by atoms with Crippen LogP contribution in [0.1, 0.15) is 10.4 Å². The molecule has 3 nitrogen and oxygen atoms in total. The number of aliphatic hydroxyl groups is 1. The molecule has 0 bridgehead atoms. The molecule has 0 saturated carbocycles. The van der Waals surface area contributed by atoms with Crippen LogP contribution in [0.25, 0.3) is 0 Å². The molecule has 0 radical (unpaired) electrons.